The summed E-state index contributed by atoms with van der Waals surface area (Å²) in [6, 6.07) is 11.7. The second-order valence-corrected chi connectivity index (χ2v) is 6.39. The van der Waals surface area contributed by atoms with Crippen LogP contribution in [0.2, 0.25) is 0 Å². The van der Waals surface area contributed by atoms with Crippen molar-refractivity contribution < 1.29 is 14.1 Å². The molecule has 5 nitrogen and oxygen atoms in total. The van der Waals surface area contributed by atoms with Crippen LogP contribution in [0.15, 0.2) is 47.1 Å². The van der Waals surface area contributed by atoms with Crippen molar-refractivity contribution in [2.24, 2.45) is 0 Å². The molecule has 2 N–H and O–H groups in total. The molecule has 2 rings (SSSR count). The van der Waals surface area contributed by atoms with Gasteiger partial charge in [-0.05, 0) is 55.5 Å². The summed E-state index contributed by atoms with van der Waals surface area (Å²) in [5.41, 5.74) is 0.939. The van der Waals surface area contributed by atoms with Gasteiger partial charge in [-0.2, -0.15) is 0 Å². The van der Waals surface area contributed by atoms with Gasteiger partial charge in [-0.1, -0.05) is 0 Å². The molecule has 0 amide bonds. The molecule has 1 aromatic heterocycles. The van der Waals surface area contributed by atoms with Crippen LogP contribution in [0.3, 0.4) is 0 Å². The van der Waals surface area contributed by atoms with Crippen LogP contribution < -0.4 is 15.0 Å². The first kappa shape index (κ1) is 18.3. The van der Waals surface area contributed by atoms with E-state index in [-0.39, 0.29) is 6.04 Å². The summed E-state index contributed by atoms with van der Waals surface area (Å²) in [4.78, 5) is 3.53. The van der Waals surface area contributed by atoms with Gasteiger partial charge in [0.1, 0.15) is 11.5 Å². The van der Waals surface area contributed by atoms with Crippen molar-refractivity contribution in [3.05, 3.63) is 48.4 Å². The number of furan rings is 1. The van der Waals surface area contributed by atoms with Crippen LogP contribution in [0.5, 0.6) is 5.75 Å². The quantitative estimate of drug-likeness (QED) is 0.751. The van der Waals surface area contributed by atoms with E-state index in [0.717, 1.165) is 30.3 Å². The van der Waals surface area contributed by atoms with Gasteiger partial charge in [-0.25, -0.2) is 0 Å². The van der Waals surface area contributed by atoms with E-state index in [2.05, 4.69) is 31.2 Å². The van der Waals surface area contributed by atoms with Gasteiger partial charge in [0.25, 0.3) is 0 Å². The van der Waals surface area contributed by atoms with Gasteiger partial charge >= 0.3 is 0 Å². The minimum absolute atomic E-state index is 0.0672. The largest absolute Gasteiger partial charge is 0.497 e. The number of thiocarbonyl (C=S) groups is 1. The van der Waals surface area contributed by atoms with Gasteiger partial charge in [-0.3, -0.25) is 0 Å². The van der Waals surface area contributed by atoms with Crippen LogP contribution in [0.1, 0.15) is 18.7 Å². The molecular weight excluding hydrogens is 322 g/mol. The zero-order valence-corrected chi connectivity index (χ0v) is 15.5. The third-order valence-electron chi connectivity index (χ3n) is 3.88. The van der Waals surface area contributed by atoms with Crippen molar-refractivity contribution in [1.82, 2.24) is 4.90 Å². The normalized spacial score (nSPS) is 12.0. The van der Waals surface area contributed by atoms with Crippen molar-refractivity contribution in [2.75, 3.05) is 39.6 Å². The van der Waals surface area contributed by atoms with Crippen LogP contribution in [0.25, 0.3) is 0 Å². The molecule has 0 aliphatic heterocycles. The van der Waals surface area contributed by atoms with Crippen molar-refractivity contribution in [2.45, 2.75) is 13.0 Å². The summed E-state index contributed by atoms with van der Waals surface area (Å²) in [5, 5.41) is 4.00. The highest BCUT2D eigenvalue weighted by atomic mass is 32.1. The van der Waals surface area contributed by atoms with E-state index in [1.807, 2.05) is 36.4 Å². The van der Waals surface area contributed by atoms with Crippen molar-refractivity contribution in [1.29, 1.82) is 0 Å². The maximum Gasteiger partial charge on any atom is 0.174 e. The lowest BCUT2D eigenvalue weighted by molar-refractivity contribution is -0.857. The smallest absolute Gasteiger partial charge is 0.174 e. The lowest BCUT2D eigenvalue weighted by Gasteiger charge is -2.31. The Morgan fingerprint density at radius 2 is 2.00 bits per heavy atom. The summed E-state index contributed by atoms with van der Waals surface area (Å²) in [5.74, 6) is 1.73. The van der Waals surface area contributed by atoms with Gasteiger partial charge in [0, 0.05) is 5.69 Å². The molecule has 0 aliphatic rings. The SMILES string of the molecule is COc1ccc(NC(=S)N(CC[NH+](C)C)C(C)c2ccco2)cc1. The molecular formula is C18H26N3O2S+. The lowest BCUT2D eigenvalue weighted by Crippen LogP contribution is -3.06. The highest BCUT2D eigenvalue weighted by Gasteiger charge is 2.21. The standard InChI is InChI=1S/C18H25N3O2S/c1-14(17-6-5-13-23-17)21(12-11-20(2)3)18(24)19-15-7-9-16(22-4)10-8-15/h5-10,13-14H,11-12H2,1-4H3,(H,19,24)/p+1. The molecule has 1 unspecified atom stereocenters. The number of benzene rings is 1. The highest BCUT2D eigenvalue weighted by Crippen LogP contribution is 2.22. The number of anilines is 1. The first-order valence-corrected chi connectivity index (χ1v) is 8.46. The third-order valence-corrected chi connectivity index (χ3v) is 4.21. The van der Waals surface area contributed by atoms with Crippen LogP contribution in [-0.2, 0) is 0 Å². The number of rotatable bonds is 7. The molecule has 6 heteroatoms. The molecule has 0 bridgehead atoms. The number of nitrogens with one attached hydrogen (secondary N) is 2. The topological polar surface area (TPSA) is 42.1 Å². The summed E-state index contributed by atoms with van der Waals surface area (Å²) in [6.07, 6.45) is 1.70. The second-order valence-electron chi connectivity index (χ2n) is 6.00. The number of hydrogen-bond acceptors (Lipinski definition) is 3. The van der Waals surface area contributed by atoms with E-state index in [9.17, 15) is 0 Å². The Hall–Kier alpha value is -2.05. The van der Waals surface area contributed by atoms with Gasteiger partial charge in [0.15, 0.2) is 5.11 Å². The fourth-order valence-corrected chi connectivity index (χ4v) is 2.73. The van der Waals surface area contributed by atoms with Crippen LogP contribution in [-0.4, -0.2) is 44.3 Å². The monoisotopic (exact) mass is 348 g/mol. The molecule has 0 fully saturated rings. The zero-order valence-electron chi connectivity index (χ0n) is 14.7. The predicted octanol–water partition coefficient (Wildman–Crippen LogP) is 2.19. The average molecular weight is 348 g/mol. The molecule has 0 radical (unpaired) electrons. The van der Waals surface area contributed by atoms with E-state index in [4.69, 9.17) is 21.4 Å². The first-order chi connectivity index (χ1) is 11.5. The Kier molecular flexibility index (Phi) is 6.63. The minimum Gasteiger partial charge on any atom is -0.497 e. The molecule has 0 aliphatic carbocycles. The van der Waals surface area contributed by atoms with Gasteiger partial charge in [-0.15, -0.1) is 0 Å². The van der Waals surface area contributed by atoms with Gasteiger partial charge in [0.05, 0.1) is 46.6 Å². The Bertz CT molecular complexity index is 626. The Balaban J connectivity index is 2.10. The Morgan fingerprint density at radius 3 is 2.54 bits per heavy atom. The summed E-state index contributed by atoms with van der Waals surface area (Å²) in [6.45, 7) is 3.92. The van der Waals surface area contributed by atoms with Crippen LogP contribution >= 0.6 is 12.2 Å². The Labute approximate surface area is 149 Å². The molecule has 0 spiro atoms. The maximum absolute atomic E-state index is 5.65. The molecule has 0 saturated carbocycles. The predicted molar refractivity (Wildman–Crippen MR) is 101 cm³/mol. The van der Waals surface area contributed by atoms with Crippen molar-refractivity contribution >= 4 is 23.0 Å². The third kappa shape index (κ3) is 4.97. The van der Waals surface area contributed by atoms with E-state index < -0.39 is 0 Å². The highest BCUT2D eigenvalue weighted by molar-refractivity contribution is 7.80. The van der Waals surface area contributed by atoms with Crippen molar-refractivity contribution in [3.8, 4) is 5.75 Å². The van der Waals surface area contributed by atoms with E-state index in [0.29, 0.717) is 5.11 Å². The van der Waals surface area contributed by atoms with Gasteiger partial charge < -0.3 is 24.3 Å². The zero-order chi connectivity index (χ0) is 17.5. The minimum atomic E-state index is 0.0672. The van der Waals surface area contributed by atoms with Gasteiger partial charge in [0.2, 0.25) is 0 Å². The molecule has 130 valence electrons. The summed E-state index contributed by atoms with van der Waals surface area (Å²) >= 11 is 5.65. The van der Waals surface area contributed by atoms with Crippen LogP contribution in [0.4, 0.5) is 5.69 Å². The molecule has 1 atom stereocenters. The van der Waals surface area contributed by atoms with E-state index >= 15 is 0 Å². The number of ether oxygens (including phenoxy) is 1. The molecule has 0 saturated heterocycles. The summed E-state index contributed by atoms with van der Waals surface area (Å²) in [7, 11) is 5.93. The maximum atomic E-state index is 5.65. The first-order valence-electron chi connectivity index (χ1n) is 8.05. The fourth-order valence-electron chi connectivity index (χ4n) is 2.37. The van der Waals surface area contributed by atoms with E-state index in [1.54, 1.807) is 13.4 Å². The van der Waals surface area contributed by atoms with Crippen molar-refractivity contribution in [3.63, 3.8) is 0 Å². The number of likely N-dealkylation sites (N-methyl/N-ethyl adjacent to an activating group) is 1. The summed E-state index contributed by atoms with van der Waals surface area (Å²) < 4.78 is 10.7. The number of hydrogen-bond donors (Lipinski definition) is 2. The average Bonchev–Trinajstić information content (AvgIpc) is 3.09. The fraction of sp³-hybridized carbons (Fsp3) is 0.389. The molecule has 1 heterocycles. The van der Waals surface area contributed by atoms with Crippen LogP contribution in [0, 0.1) is 0 Å². The second kappa shape index (κ2) is 8.70. The molecule has 24 heavy (non-hydrogen) atoms. The number of nitrogens with zero attached hydrogens (tertiary/aromatic N) is 1. The molecule has 2 aromatic rings. The molecule has 1 aromatic carbocycles. The number of methoxy groups -OCH3 is 1. The van der Waals surface area contributed by atoms with E-state index in [1.165, 1.54) is 4.90 Å². The lowest BCUT2D eigenvalue weighted by atomic mass is 10.2. The number of quaternary nitrogens is 1. The Morgan fingerprint density at radius 1 is 1.29 bits per heavy atom.